The molecule has 1 N–H and O–H groups in total. The quantitative estimate of drug-likeness (QED) is 0.625. The first-order chi connectivity index (χ1) is 10.2. The lowest BCUT2D eigenvalue weighted by Gasteiger charge is -2.12. The van der Waals surface area contributed by atoms with Gasteiger partial charge in [-0.15, -0.1) is 0 Å². The minimum absolute atomic E-state index is 0.431. The molecule has 0 spiro atoms. The van der Waals surface area contributed by atoms with E-state index in [1.165, 1.54) is 11.0 Å². The van der Waals surface area contributed by atoms with E-state index in [-0.39, 0.29) is 0 Å². The zero-order chi connectivity index (χ0) is 15.2. The van der Waals surface area contributed by atoms with Crippen molar-refractivity contribution in [3.05, 3.63) is 33.3 Å². The second-order valence-corrected chi connectivity index (χ2v) is 5.37. The standard InChI is InChI=1S/C13H15BrN4O2S/c1-3-4-20-12-10(14)5-9(6-11(12)19-2)7-16-18-8-15-17-13(18)21/h5-8H,3-4H2,1-2H3,(H,17,21)/b16-7-. The molecular formula is C13H15BrN4O2S. The first kappa shape index (κ1) is 15.7. The van der Waals surface area contributed by atoms with Crippen LogP contribution in [0, 0.1) is 4.77 Å². The van der Waals surface area contributed by atoms with Crippen LogP contribution in [0.5, 0.6) is 11.5 Å². The van der Waals surface area contributed by atoms with Gasteiger partial charge < -0.3 is 9.47 Å². The molecule has 2 rings (SSSR count). The van der Waals surface area contributed by atoms with Crippen molar-refractivity contribution < 1.29 is 9.47 Å². The highest BCUT2D eigenvalue weighted by Gasteiger charge is 2.10. The second kappa shape index (κ2) is 7.37. The molecular weight excluding hydrogens is 356 g/mol. The van der Waals surface area contributed by atoms with Crippen molar-refractivity contribution in [3.63, 3.8) is 0 Å². The normalized spacial score (nSPS) is 11.0. The molecule has 1 heterocycles. The van der Waals surface area contributed by atoms with Crippen molar-refractivity contribution in [2.24, 2.45) is 5.10 Å². The molecule has 0 amide bonds. The van der Waals surface area contributed by atoms with Crippen LogP contribution < -0.4 is 9.47 Å². The average Bonchev–Trinajstić information content (AvgIpc) is 2.88. The molecule has 0 atom stereocenters. The van der Waals surface area contributed by atoms with Crippen LogP contribution in [0.1, 0.15) is 18.9 Å². The summed E-state index contributed by atoms with van der Waals surface area (Å²) in [7, 11) is 1.60. The van der Waals surface area contributed by atoms with Gasteiger partial charge in [0.2, 0.25) is 4.77 Å². The monoisotopic (exact) mass is 370 g/mol. The Morgan fingerprint density at radius 2 is 2.33 bits per heavy atom. The van der Waals surface area contributed by atoms with Crippen LogP contribution in [-0.2, 0) is 0 Å². The Kier molecular flexibility index (Phi) is 5.51. The Hall–Kier alpha value is -1.67. The third kappa shape index (κ3) is 3.92. The first-order valence-electron chi connectivity index (χ1n) is 6.32. The molecule has 21 heavy (non-hydrogen) atoms. The molecule has 0 fully saturated rings. The number of H-pyrrole nitrogens is 1. The van der Waals surface area contributed by atoms with Gasteiger partial charge >= 0.3 is 0 Å². The van der Waals surface area contributed by atoms with E-state index < -0.39 is 0 Å². The molecule has 0 radical (unpaired) electrons. The van der Waals surface area contributed by atoms with E-state index in [0.29, 0.717) is 22.9 Å². The molecule has 112 valence electrons. The van der Waals surface area contributed by atoms with Crippen molar-refractivity contribution in [1.29, 1.82) is 0 Å². The Morgan fingerprint density at radius 3 is 2.95 bits per heavy atom. The Labute approximate surface area is 135 Å². The fourth-order valence-electron chi connectivity index (χ4n) is 1.61. The number of rotatable bonds is 6. The van der Waals surface area contributed by atoms with Crippen LogP contribution in [0.4, 0.5) is 0 Å². The summed E-state index contributed by atoms with van der Waals surface area (Å²) in [5.41, 5.74) is 0.852. The number of hydrogen-bond donors (Lipinski definition) is 1. The largest absolute Gasteiger partial charge is 0.493 e. The summed E-state index contributed by atoms with van der Waals surface area (Å²) in [6.07, 6.45) is 4.10. The predicted octanol–water partition coefficient (Wildman–Crippen LogP) is 3.38. The highest BCUT2D eigenvalue weighted by Crippen LogP contribution is 2.36. The minimum Gasteiger partial charge on any atom is -0.493 e. The number of methoxy groups -OCH3 is 1. The molecule has 0 aliphatic heterocycles. The first-order valence-corrected chi connectivity index (χ1v) is 7.52. The molecule has 0 unspecified atom stereocenters. The van der Waals surface area contributed by atoms with E-state index in [2.05, 4.69) is 38.2 Å². The van der Waals surface area contributed by atoms with Crippen molar-refractivity contribution in [1.82, 2.24) is 14.9 Å². The highest BCUT2D eigenvalue weighted by molar-refractivity contribution is 9.10. The lowest BCUT2D eigenvalue weighted by molar-refractivity contribution is 0.292. The van der Waals surface area contributed by atoms with Crippen molar-refractivity contribution in [2.75, 3.05) is 13.7 Å². The van der Waals surface area contributed by atoms with Gasteiger partial charge in [0.15, 0.2) is 11.5 Å². The summed E-state index contributed by atoms with van der Waals surface area (Å²) >= 11 is 8.51. The van der Waals surface area contributed by atoms with Gasteiger partial charge in [0, 0.05) is 0 Å². The zero-order valence-corrected chi connectivity index (χ0v) is 14.1. The van der Waals surface area contributed by atoms with Crippen molar-refractivity contribution in [3.8, 4) is 11.5 Å². The number of aromatic amines is 1. The van der Waals surface area contributed by atoms with Gasteiger partial charge in [-0.3, -0.25) is 5.10 Å². The van der Waals surface area contributed by atoms with Gasteiger partial charge in [0.05, 0.1) is 24.4 Å². The van der Waals surface area contributed by atoms with E-state index in [1.807, 2.05) is 12.1 Å². The fourth-order valence-corrected chi connectivity index (χ4v) is 2.33. The SMILES string of the molecule is CCCOc1c(Br)cc(/C=N\n2cn[nH]c2=S)cc1OC. The van der Waals surface area contributed by atoms with Crippen LogP contribution >= 0.6 is 28.1 Å². The van der Waals surface area contributed by atoms with Crippen LogP contribution in [0.25, 0.3) is 0 Å². The third-order valence-electron chi connectivity index (χ3n) is 2.57. The topological polar surface area (TPSA) is 64.4 Å². The third-order valence-corrected chi connectivity index (χ3v) is 3.44. The molecule has 8 heteroatoms. The Bertz CT molecular complexity index is 696. The number of hydrogen-bond acceptors (Lipinski definition) is 5. The zero-order valence-electron chi connectivity index (χ0n) is 11.7. The number of benzene rings is 1. The highest BCUT2D eigenvalue weighted by atomic mass is 79.9. The Morgan fingerprint density at radius 1 is 1.52 bits per heavy atom. The molecule has 0 aliphatic carbocycles. The predicted molar refractivity (Wildman–Crippen MR) is 86.9 cm³/mol. The Balaban J connectivity index is 2.29. The van der Waals surface area contributed by atoms with Crippen LogP contribution in [0.3, 0.4) is 0 Å². The lowest BCUT2D eigenvalue weighted by atomic mass is 10.2. The number of nitrogens with zero attached hydrogens (tertiary/aromatic N) is 3. The molecule has 6 nitrogen and oxygen atoms in total. The molecule has 0 saturated heterocycles. The van der Waals surface area contributed by atoms with Gasteiger partial charge in [0.1, 0.15) is 6.33 Å². The number of aromatic nitrogens is 3. The maximum absolute atomic E-state index is 5.68. The van der Waals surface area contributed by atoms with Gasteiger partial charge in [-0.25, -0.2) is 0 Å². The number of halogens is 1. The summed E-state index contributed by atoms with van der Waals surface area (Å²) in [6.45, 7) is 2.68. The van der Waals surface area contributed by atoms with E-state index in [4.69, 9.17) is 21.7 Å². The molecule has 0 saturated carbocycles. The van der Waals surface area contributed by atoms with Crippen LogP contribution in [0.2, 0.25) is 0 Å². The summed E-state index contributed by atoms with van der Waals surface area (Å²) in [5, 5.41) is 10.7. The van der Waals surface area contributed by atoms with E-state index in [1.54, 1.807) is 13.3 Å². The minimum atomic E-state index is 0.431. The van der Waals surface area contributed by atoms with E-state index in [0.717, 1.165) is 16.5 Å². The van der Waals surface area contributed by atoms with E-state index >= 15 is 0 Å². The molecule has 0 aliphatic rings. The number of nitrogens with one attached hydrogen (secondary N) is 1. The summed E-state index contributed by atoms with van der Waals surface area (Å²) < 4.78 is 13.8. The fraction of sp³-hybridized carbons (Fsp3) is 0.308. The average molecular weight is 371 g/mol. The lowest BCUT2D eigenvalue weighted by Crippen LogP contribution is -2.00. The maximum Gasteiger partial charge on any atom is 0.216 e. The number of ether oxygens (including phenoxy) is 2. The van der Waals surface area contributed by atoms with Crippen molar-refractivity contribution in [2.45, 2.75) is 13.3 Å². The van der Waals surface area contributed by atoms with Crippen molar-refractivity contribution >= 4 is 34.4 Å². The second-order valence-electron chi connectivity index (χ2n) is 4.13. The maximum atomic E-state index is 5.68. The van der Waals surface area contributed by atoms with Gasteiger partial charge in [-0.05, 0) is 52.3 Å². The van der Waals surface area contributed by atoms with Crippen LogP contribution in [-0.4, -0.2) is 34.8 Å². The summed E-state index contributed by atoms with van der Waals surface area (Å²) in [5.74, 6) is 1.34. The molecule has 1 aromatic heterocycles. The summed E-state index contributed by atoms with van der Waals surface area (Å²) in [6, 6.07) is 3.75. The van der Waals surface area contributed by atoms with Crippen LogP contribution in [0.15, 0.2) is 28.0 Å². The van der Waals surface area contributed by atoms with Gasteiger partial charge in [-0.1, -0.05) is 6.92 Å². The summed E-state index contributed by atoms with van der Waals surface area (Å²) in [4.78, 5) is 0. The molecule has 0 bridgehead atoms. The smallest absolute Gasteiger partial charge is 0.216 e. The molecule has 2 aromatic rings. The van der Waals surface area contributed by atoms with Gasteiger partial charge in [0.25, 0.3) is 0 Å². The molecule has 1 aromatic carbocycles. The van der Waals surface area contributed by atoms with E-state index in [9.17, 15) is 0 Å². The van der Waals surface area contributed by atoms with Gasteiger partial charge in [-0.2, -0.15) is 14.9 Å².